The number of para-hydroxylation sites is 3. The van der Waals surface area contributed by atoms with Crippen LogP contribution in [0.5, 0.6) is 0 Å². The highest BCUT2D eigenvalue weighted by Crippen LogP contribution is 2.37. The average molecular weight is 829 g/mol. The van der Waals surface area contributed by atoms with Crippen LogP contribution in [-0.2, 0) is 12.8 Å². The lowest BCUT2D eigenvalue weighted by Crippen LogP contribution is -2.04. The molecule has 0 atom stereocenters. The summed E-state index contributed by atoms with van der Waals surface area (Å²) in [4.78, 5) is 16.3. The molecule has 0 saturated carbocycles. The van der Waals surface area contributed by atoms with Crippen LogP contribution < -0.4 is 0 Å². The summed E-state index contributed by atoms with van der Waals surface area (Å²) in [6, 6.07) is 52.6. The van der Waals surface area contributed by atoms with Gasteiger partial charge in [-0.3, -0.25) is 4.57 Å². The molecule has 2 aromatic heterocycles. The van der Waals surface area contributed by atoms with Crippen LogP contribution in [0.1, 0.15) is 113 Å². The molecular formula is C59H64N4. The molecule has 0 amide bonds. The van der Waals surface area contributed by atoms with E-state index in [1.807, 2.05) is 0 Å². The van der Waals surface area contributed by atoms with Crippen molar-refractivity contribution in [2.45, 2.75) is 118 Å². The van der Waals surface area contributed by atoms with E-state index in [-0.39, 0.29) is 0 Å². The molecule has 0 unspecified atom stereocenters. The van der Waals surface area contributed by atoms with E-state index in [9.17, 15) is 0 Å². The lowest BCUT2D eigenvalue weighted by atomic mass is 9.90. The van der Waals surface area contributed by atoms with Crippen molar-refractivity contribution in [2.24, 2.45) is 0 Å². The summed E-state index contributed by atoms with van der Waals surface area (Å²) in [6.07, 6.45) is 17.4. The Morgan fingerprint density at radius 3 is 1.73 bits per heavy atom. The molecule has 0 aliphatic rings. The first kappa shape index (κ1) is 43.5. The number of fused-ring (bicyclic) bond motifs is 1. The van der Waals surface area contributed by atoms with E-state index in [2.05, 4.69) is 178 Å². The number of benzene rings is 6. The van der Waals surface area contributed by atoms with Crippen LogP contribution in [0.25, 0.3) is 73.1 Å². The van der Waals surface area contributed by atoms with Crippen molar-refractivity contribution in [3.63, 3.8) is 0 Å². The van der Waals surface area contributed by atoms with Gasteiger partial charge < -0.3 is 0 Å². The first-order chi connectivity index (χ1) is 31.0. The van der Waals surface area contributed by atoms with Crippen LogP contribution >= 0.6 is 0 Å². The fourth-order valence-electron chi connectivity index (χ4n) is 9.21. The molecule has 0 bridgehead atoms. The molecule has 0 aliphatic carbocycles. The maximum atomic E-state index is 5.56. The van der Waals surface area contributed by atoms with E-state index >= 15 is 0 Å². The average Bonchev–Trinajstić information content (AvgIpc) is 3.72. The van der Waals surface area contributed by atoms with Gasteiger partial charge >= 0.3 is 0 Å². The van der Waals surface area contributed by atoms with Gasteiger partial charge in [-0.1, -0.05) is 187 Å². The zero-order chi connectivity index (χ0) is 43.4. The van der Waals surface area contributed by atoms with Crippen molar-refractivity contribution in [1.29, 1.82) is 0 Å². The fraction of sp³-hybridized carbons (Fsp3) is 0.305. The number of hydrogen-bond acceptors (Lipinski definition) is 3. The lowest BCUT2D eigenvalue weighted by Gasteiger charge is -2.17. The number of aromatic nitrogens is 4. The number of imidazole rings is 1. The van der Waals surface area contributed by atoms with Gasteiger partial charge in [0.15, 0.2) is 11.6 Å². The second-order valence-corrected chi connectivity index (χ2v) is 17.5. The number of rotatable bonds is 20. The van der Waals surface area contributed by atoms with E-state index in [1.54, 1.807) is 0 Å². The van der Waals surface area contributed by atoms with Crippen LogP contribution in [0.3, 0.4) is 0 Å². The van der Waals surface area contributed by atoms with Crippen molar-refractivity contribution in [3.8, 4) is 62.1 Å². The SMILES string of the molecule is CCCCCCCCc1cc(-c2cc(-c3cccc(-c4ccccc4-c4cccc(C)c4)c3)nc(-c3nc4ccccc4n3-c3ccccc3)n2)c(CCCCCCCC)cc1C. The highest BCUT2D eigenvalue weighted by molar-refractivity contribution is 5.86. The van der Waals surface area contributed by atoms with E-state index in [4.69, 9.17) is 15.0 Å². The molecule has 0 fully saturated rings. The summed E-state index contributed by atoms with van der Waals surface area (Å²) >= 11 is 0. The van der Waals surface area contributed by atoms with Crippen molar-refractivity contribution in [3.05, 3.63) is 168 Å². The summed E-state index contributed by atoms with van der Waals surface area (Å²) in [5, 5.41) is 0. The first-order valence-corrected chi connectivity index (χ1v) is 23.8. The molecule has 0 saturated heterocycles. The highest BCUT2D eigenvalue weighted by Gasteiger charge is 2.21. The number of hydrogen-bond donors (Lipinski definition) is 0. The van der Waals surface area contributed by atoms with Crippen molar-refractivity contribution in [1.82, 2.24) is 19.5 Å². The third-order valence-electron chi connectivity index (χ3n) is 12.7. The molecule has 0 aliphatic heterocycles. The maximum Gasteiger partial charge on any atom is 0.197 e. The maximum absolute atomic E-state index is 5.56. The Morgan fingerprint density at radius 2 is 1.02 bits per heavy atom. The molecule has 0 radical (unpaired) electrons. The third kappa shape index (κ3) is 10.6. The number of aryl methyl sites for hydroxylation is 4. The molecule has 4 nitrogen and oxygen atoms in total. The smallest absolute Gasteiger partial charge is 0.197 e. The molecule has 0 spiro atoms. The predicted molar refractivity (Wildman–Crippen MR) is 267 cm³/mol. The second kappa shape index (κ2) is 21.3. The summed E-state index contributed by atoms with van der Waals surface area (Å²) in [5.74, 6) is 1.36. The Bertz CT molecular complexity index is 2740. The Morgan fingerprint density at radius 1 is 0.429 bits per heavy atom. The zero-order valence-corrected chi connectivity index (χ0v) is 38.0. The van der Waals surface area contributed by atoms with Crippen LogP contribution in [0.15, 0.2) is 146 Å². The van der Waals surface area contributed by atoms with Gasteiger partial charge in [0, 0.05) is 16.8 Å². The zero-order valence-electron chi connectivity index (χ0n) is 38.0. The number of unbranched alkanes of at least 4 members (excludes halogenated alkanes) is 10. The molecule has 8 rings (SSSR count). The monoisotopic (exact) mass is 829 g/mol. The molecule has 0 N–H and O–H groups in total. The summed E-state index contributed by atoms with van der Waals surface area (Å²) in [5.41, 5.74) is 17.4. The minimum Gasteiger partial charge on any atom is -0.290 e. The molecule has 2 heterocycles. The van der Waals surface area contributed by atoms with Gasteiger partial charge in [-0.25, -0.2) is 15.0 Å². The van der Waals surface area contributed by atoms with Gasteiger partial charge in [0.1, 0.15) is 0 Å². The molecule has 320 valence electrons. The van der Waals surface area contributed by atoms with Gasteiger partial charge in [0.2, 0.25) is 0 Å². The third-order valence-corrected chi connectivity index (χ3v) is 12.7. The van der Waals surface area contributed by atoms with Crippen molar-refractivity contribution < 1.29 is 0 Å². The van der Waals surface area contributed by atoms with Crippen molar-refractivity contribution >= 4 is 11.0 Å². The number of nitrogens with zero attached hydrogens (tertiary/aromatic N) is 4. The first-order valence-electron chi connectivity index (χ1n) is 23.8. The Balaban J connectivity index is 1.29. The molecule has 8 aromatic rings. The summed E-state index contributed by atoms with van der Waals surface area (Å²) in [6.45, 7) is 9.07. The van der Waals surface area contributed by atoms with Crippen LogP contribution in [0.2, 0.25) is 0 Å². The Labute approximate surface area is 376 Å². The normalized spacial score (nSPS) is 11.4. The van der Waals surface area contributed by atoms with Crippen molar-refractivity contribution in [2.75, 3.05) is 0 Å². The lowest BCUT2D eigenvalue weighted by molar-refractivity contribution is 0.605. The Kier molecular flexibility index (Phi) is 14.7. The molecule has 4 heteroatoms. The topological polar surface area (TPSA) is 43.6 Å². The quantitative estimate of drug-likeness (QED) is 0.0719. The van der Waals surface area contributed by atoms with E-state index in [1.165, 1.54) is 122 Å². The van der Waals surface area contributed by atoms with Gasteiger partial charge in [-0.2, -0.15) is 0 Å². The van der Waals surface area contributed by atoms with Gasteiger partial charge in [0.25, 0.3) is 0 Å². The van der Waals surface area contributed by atoms with Crippen LogP contribution in [0, 0.1) is 13.8 Å². The summed E-state index contributed by atoms with van der Waals surface area (Å²) in [7, 11) is 0. The Hall–Kier alpha value is -6.13. The van der Waals surface area contributed by atoms with E-state index in [0.717, 1.165) is 57.9 Å². The van der Waals surface area contributed by atoms with Crippen LogP contribution in [-0.4, -0.2) is 19.5 Å². The molecule has 6 aromatic carbocycles. The largest absolute Gasteiger partial charge is 0.290 e. The van der Waals surface area contributed by atoms with E-state index in [0.29, 0.717) is 5.82 Å². The predicted octanol–water partition coefficient (Wildman–Crippen LogP) is 16.6. The van der Waals surface area contributed by atoms with Crippen LogP contribution in [0.4, 0.5) is 0 Å². The minimum atomic E-state index is 0.622. The fourth-order valence-corrected chi connectivity index (χ4v) is 9.21. The highest BCUT2D eigenvalue weighted by atomic mass is 15.1. The van der Waals surface area contributed by atoms with Gasteiger partial charge in [-0.15, -0.1) is 0 Å². The second-order valence-electron chi connectivity index (χ2n) is 17.5. The molecular weight excluding hydrogens is 765 g/mol. The molecule has 63 heavy (non-hydrogen) atoms. The minimum absolute atomic E-state index is 0.622. The van der Waals surface area contributed by atoms with Gasteiger partial charge in [0.05, 0.1) is 22.4 Å². The van der Waals surface area contributed by atoms with Gasteiger partial charge in [-0.05, 0) is 121 Å². The standard InChI is InChI=1S/C59H64N4/c1-5-7-9-11-13-16-27-45-41-53(47(39-44(45)4)28-17-14-12-10-8-6-2)56-42-55(49-31-25-30-48(40-49)52-35-21-20-34-51(52)46-29-24-26-43(3)38-46)60-58(61-56)59-62-54-36-22-23-37-57(54)63(59)50-32-18-15-19-33-50/h15,18-26,29-42H,5-14,16-17,27-28H2,1-4H3. The van der Waals surface area contributed by atoms with E-state index < -0.39 is 0 Å². The summed E-state index contributed by atoms with van der Waals surface area (Å²) < 4.78 is 2.23.